The number of carbonyl (C=O) groups excluding carboxylic acids is 1. The van der Waals surface area contributed by atoms with Crippen LogP contribution in [0, 0.1) is 5.92 Å². The average Bonchev–Trinajstić information content (AvgIpc) is 2.67. The smallest absolute Gasteiger partial charge is 0.330 e. The van der Waals surface area contributed by atoms with E-state index in [1.165, 1.54) is 6.08 Å². The Kier molecular flexibility index (Phi) is 9.24. The molecule has 1 aromatic carbocycles. The first-order valence-corrected chi connectivity index (χ1v) is 13.9. The number of ether oxygens (including phenoxy) is 4. The van der Waals surface area contributed by atoms with Gasteiger partial charge in [-0.15, -0.1) is 0 Å². The van der Waals surface area contributed by atoms with Crippen molar-refractivity contribution < 1.29 is 28.2 Å². The van der Waals surface area contributed by atoms with Crippen molar-refractivity contribution >= 4 is 14.3 Å². The number of carbonyl (C=O) groups is 1. The fourth-order valence-electron chi connectivity index (χ4n) is 3.84. The van der Waals surface area contributed by atoms with E-state index in [0.29, 0.717) is 26.2 Å². The molecule has 1 aliphatic rings. The molecule has 0 N–H and O–H groups in total. The van der Waals surface area contributed by atoms with Crippen molar-refractivity contribution in [1.29, 1.82) is 0 Å². The van der Waals surface area contributed by atoms with Gasteiger partial charge in [-0.2, -0.15) is 0 Å². The Balaban J connectivity index is 2.20. The highest BCUT2D eigenvalue weighted by molar-refractivity contribution is 6.69. The third-order valence-electron chi connectivity index (χ3n) is 5.09. The lowest BCUT2D eigenvalue weighted by atomic mass is 9.78. The molecule has 168 valence electrons. The van der Waals surface area contributed by atoms with Gasteiger partial charge in [-0.05, 0) is 51.0 Å². The molecule has 1 heterocycles. The van der Waals surface area contributed by atoms with Gasteiger partial charge in [-0.1, -0.05) is 30.3 Å². The van der Waals surface area contributed by atoms with Crippen molar-refractivity contribution in [2.45, 2.75) is 58.4 Å². The number of rotatable bonds is 10. The van der Waals surface area contributed by atoms with E-state index in [2.05, 4.69) is 19.6 Å². The summed E-state index contributed by atoms with van der Waals surface area (Å²) in [5.74, 6) is -0.504. The molecule has 0 amide bonds. The van der Waals surface area contributed by atoms with Crippen LogP contribution in [0.5, 0.6) is 0 Å². The maximum atomic E-state index is 12.2. The Labute approximate surface area is 181 Å². The topological polar surface area (TPSA) is 63.2 Å². The van der Waals surface area contributed by atoms with Gasteiger partial charge in [0.2, 0.25) is 0 Å². The maximum absolute atomic E-state index is 12.2. The van der Waals surface area contributed by atoms with Crippen LogP contribution in [0.3, 0.4) is 0 Å². The number of methoxy groups -OCH3 is 1. The van der Waals surface area contributed by atoms with Crippen molar-refractivity contribution in [2.75, 3.05) is 26.9 Å². The summed E-state index contributed by atoms with van der Waals surface area (Å²) in [5, 5.41) is 0. The molecule has 3 atom stereocenters. The Bertz CT molecular complexity index is 699. The van der Waals surface area contributed by atoms with Crippen LogP contribution in [0.15, 0.2) is 42.0 Å². The molecule has 1 saturated heterocycles. The first-order chi connectivity index (χ1) is 14.2. The van der Waals surface area contributed by atoms with E-state index in [-0.39, 0.29) is 18.5 Å². The van der Waals surface area contributed by atoms with E-state index in [0.717, 1.165) is 11.1 Å². The summed E-state index contributed by atoms with van der Waals surface area (Å²) in [5.41, 5.74) is 1.21. The van der Waals surface area contributed by atoms with E-state index in [9.17, 15) is 4.79 Å². The first-order valence-electron chi connectivity index (χ1n) is 10.5. The Hall–Kier alpha value is -1.51. The van der Waals surface area contributed by atoms with Crippen LogP contribution < -0.4 is 0 Å². The number of esters is 1. The molecular formula is C23H36O6Si. The van der Waals surface area contributed by atoms with Gasteiger partial charge in [0, 0.05) is 25.7 Å². The quantitative estimate of drug-likeness (QED) is 0.236. The van der Waals surface area contributed by atoms with Gasteiger partial charge in [-0.3, -0.25) is 0 Å². The summed E-state index contributed by atoms with van der Waals surface area (Å²) < 4.78 is 29.3. The van der Waals surface area contributed by atoms with Gasteiger partial charge in [0.1, 0.15) is 0 Å². The highest BCUT2D eigenvalue weighted by Gasteiger charge is 2.49. The zero-order valence-electron chi connectivity index (χ0n) is 19.1. The lowest BCUT2D eigenvalue weighted by molar-refractivity contribution is -0.212. The summed E-state index contributed by atoms with van der Waals surface area (Å²) >= 11 is 0. The SMILES string of the molecule is CCOC(=O)/C=C1\CO[C@@H](OC)[C@H](CCOCc2ccccc2)[C@]1(C)O[Si](C)(C)C. The van der Waals surface area contributed by atoms with Crippen LogP contribution in [0.4, 0.5) is 0 Å². The maximum Gasteiger partial charge on any atom is 0.330 e. The van der Waals surface area contributed by atoms with Crippen LogP contribution in [0.2, 0.25) is 19.6 Å². The predicted octanol–water partition coefficient (Wildman–Crippen LogP) is 4.31. The van der Waals surface area contributed by atoms with Gasteiger partial charge in [0.05, 0.1) is 25.4 Å². The van der Waals surface area contributed by atoms with Crippen molar-refractivity contribution in [3.63, 3.8) is 0 Å². The monoisotopic (exact) mass is 436 g/mol. The summed E-state index contributed by atoms with van der Waals surface area (Å²) in [7, 11) is -0.321. The fraction of sp³-hybridized carbons (Fsp3) is 0.609. The largest absolute Gasteiger partial charge is 0.463 e. The Morgan fingerprint density at radius 3 is 2.57 bits per heavy atom. The summed E-state index contributed by atoms with van der Waals surface area (Å²) in [6, 6.07) is 10.1. The second kappa shape index (κ2) is 11.2. The summed E-state index contributed by atoms with van der Waals surface area (Å²) in [4.78, 5) is 12.2. The van der Waals surface area contributed by atoms with Gasteiger partial charge in [-0.25, -0.2) is 4.79 Å². The molecule has 0 saturated carbocycles. The molecule has 30 heavy (non-hydrogen) atoms. The molecule has 6 nitrogen and oxygen atoms in total. The van der Waals surface area contributed by atoms with E-state index in [4.69, 9.17) is 23.4 Å². The molecule has 0 radical (unpaired) electrons. The van der Waals surface area contributed by atoms with Crippen LogP contribution in [-0.2, 0) is 34.8 Å². The van der Waals surface area contributed by atoms with Gasteiger partial charge in [0.25, 0.3) is 0 Å². The third-order valence-corrected chi connectivity index (χ3v) is 6.13. The van der Waals surface area contributed by atoms with Crippen LogP contribution in [-0.4, -0.2) is 53.1 Å². The lowest BCUT2D eigenvalue weighted by Crippen LogP contribution is -2.56. The minimum Gasteiger partial charge on any atom is -0.463 e. The van der Waals surface area contributed by atoms with E-state index >= 15 is 0 Å². The molecule has 0 aliphatic carbocycles. The number of hydrogen-bond donors (Lipinski definition) is 0. The molecule has 0 bridgehead atoms. The molecule has 0 spiro atoms. The first kappa shape index (κ1) is 24.8. The van der Waals surface area contributed by atoms with Crippen molar-refractivity contribution in [3.8, 4) is 0 Å². The Morgan fingerprint density at radius 2 is 1.97 bits per heavy atom. The lowest BCUT2D eigenvalue weighted by Gasteiger charge is -2.49. The van der Waals surface area contributed by atoms with E-state index < -0.39 is 20.2 Å². The standard InChI is InChI=1S/C23H36O6Si/c1-7-27-21(24)15-19-17-28-22(25-3)20(23(19,2)29-30(4,5)6)13-14-26-16-18-11-9-8-10-12-18/h8-12,15,20,22H,7,13-14,16-17H2,1-6H3/b19-15+/t20-,22+,23+/m0/s1. The summed E-state index contributed by atoms with van der Waals surface area (Å²) in [6.07, 6.45) is 1.76. The second-order valence-electron chi connectivity index (χ2n) is 8.59. The molecule has 7 heteroatoms. The predicted molar refractivity (Wildman–Crippen MR) is 119 cm³/mol. The van der Waals surface area contributed by atoms with Crippen molar-refractivity contribution in [2.24, 2.45) is 5.92 Å². The van der Waals surface area contributed by atoms with Gasteiger partial charge in [0.15, 0.2) is 14.6 Å². The van der Waals surface area contributed by atoms with Crippen LogP contribution in [0.1, 0.15) is 25.8 Å². The fourth-order valence-corrected chi connectivity index (χ4v) is 5.39. The van der Waals surface area contributed by atoms with E-state index in [1.807, 2.05) is 37.3 Å². The second-order valence-corrected chi connectivity index (χ2v) is 13.0. The van der Waals surface area contributed by atoms with E-state index in [1.54, 1.807) is 14.0 Å². The third kappa shape index (κ3) is 7.03. The van der Waals surface area contributed by atoms with Crippen molar-refractivity contribution in [3.05, 3.63) is 47.5 Å². The van der Waals surface area contributed by atoms with Crippen LogP contribution >= 0.6 is 0 Å². The van der Waals surface area contributed by atoms with Crippen LogP contribution in [0.25, 0.3) is 0 Å². The normalized spacial score (nSPS) is 26.0. The number of hydrogen-bond acceptors (Lipinski definition) is 6. The number of benzene rings is 1. The molecule has 1 aliphatic heterocycles. The minimum atomic E-state index is -1.96. The zero-order chi connectivity index (χ0) is 22.2. The molecule has 2 rings (SSSR count). The minimum absolute atomic E-state index is 0.126. The van der Waals surface area contributed by atoms with Crippen molar-refractivity contribution in [1.82, 2.24) is 0 Å². The highest BCUT2D eigenvalue weighted by atomic mass is 28.4. The highest BCUT2D eigenvalue weighted by Crippen LogP contribution is 2.42. The zero-order valence-corrected chi connectivity index (χ0v) is 20.1. The molecule has 1 fully saturated rings. The van der Waals surface area contributed by atoms with Gasteiger partial charge >= 0.3 is 5.97 Å². The molecule has 0 aromatic heterocycles. The molecule has 0 unspecified atom stereocenters. The average molecular weight is 437 g/mol. The van der Waals surface area contributed by atoms with Gasteiger partial charge < -0.3 is 23.4 Å². The molecular weight excluding hydrogens is 400 g/mol. The summed E-state index contributed by atoms with van der Waals surface area (Å²) in [6.45, 7) is 11.9. The molecule has 1 aromatic rings. The Morgan fingerprint density at radius 1 is 1.27 bits per heavy atom.